The minimum absolute atomic E-state index is 0.124. The first-order valence-corrected chi connectivity index (χ1v) is 7.68. The van der Waals surface area contributed by atoms with Crippen LogP contribution in [-0.4, -0.2) is 21.2 Å². The number of rotatable bonds is 6. The number of amides is 1. The van der Waals surface area contributed by atoms with Gasteiger partial charge >= 0.3 is 6.09 Å². The first-order valence-electron chi connectivity index (χ1n) is 7.68. The van der Waals surface area contributed by atoms with E-state index >= 15 is 0 Å². The summed E-state index contributed by atoms with van der Waals surface area (Å²) in [5, 5.41) is 2.86. The monoisotopic (exact) mass is 295 g/mol. The van der Waals surface area contributed by atoms with Crippen molar-refractivity contribution in [2.75, 3.05) is 0 Å². The van der Waals surface area contributed by atoms with Crippen LogP contribution in [-0.2, 0) is 11.3 Å². The van der Waals surface area contributed by atoms with Gasteiger partial charge in [-0.1, -0.05) is 13.8 Å². The Hall–Kier alpha value is -1.52. The summed E-state index contributed by atoms with van der Waals surface area (Å²) in [6.45, 7) is 12.9. The smallest absolute Gasteiger partial charge is 0.408 e. The van der Waals surface area contributed by atoms with Crippen LogP contribution in [0.1, 0.15) is 66.1 Å². The Bertz CT molecular complexity index is 447. The van der Waals surface area contributed by atoms with Crippen LogP contribution >= 0.6 is 0 Å². The third-order valence-electron chi connectivity index (χ3n) is 3.10. The number of nitrogens with one attached hydrogen (secondary N) is 1. The highest BCUT2D eigenvalue weighted by molar-refractivity contribution is 5.68. The Labute approximate surface area is 128 Å². The molecular formula is C16H29N3O2. The van der Waals surface area contributed by atoms with Crippen molar-refractivity contribution in [1.82, 2.24) is 14.9 Å². The predicted molar refractivity (Wildman–Crippen MR) is 84.1 cm³/mol. The van der Waals surface area contributed by atoms with E-state index in [2.05, 4.69) is 28.7 Å². The molecule has 21 heavy (non-hydrogen) atoms. The normalized spacial score (nSPS) is 13.3. The molecule has 0 aromatic carbocycles. The third kappa shape index (κ3) is 6.65. The van der Waals surface area contributed by atoms with Gasteiger partial charge in [-0.25, -0.2) is 9.78 Å². The van der Waals surface area contributed by atoms with E-state index in [0.29, 0.717) is 5.92 Å². The maximum absolute atomic E-state index is 11.8. The molecule has 5 heteroatoms. The molecule has 1 heterocycles. The summed E-state index contributed by atoms with van der Waals surface area (Å²) in [6.07, 6.45) is 5.52. The first-order chi connectivity index (χ1) is 9.69. The van der Waals surface area contributed by atoms with E-state index in [1.54, 1.807) is 6.20 Å². The molecule has 1 amide bonds. The van der Waals surface area contributed by atoms with Gasteiger partial charge in [0.2, 0.25) is 0 Å². The Morgan fingerprint density at radius 3 is 2.62 bits per heavy atom. The summed E-state index contributed by atoms with van der Waals surface area (Å²) in [5.41, 5.74) is 0.519. The van der Waals surface area contributed by atoms with Gasteiger partial charge in [-0.3, -0.25) is 0 Å². The van der Waals surface area contributed by atoms with Gasteiger partial charge in [0.1, 0.15) is 5.60 Å². The van der Waals surface area contributed by atoms with Crippen LogP contribution in [0.3, 0.4) is 0 Å². The highest BCUT2D eigenvalue weighted by atomic mass is 16.6. The SMILES string of the molecule is CC(C)CCCn1cncc1C(C)NC(=O)OC(C)(C)C. The molecule has 0 fully saturated rings. The maximum Gasteiger partial charge on any atom is 0.408 e. The quantitative estimate of drug-likeness (QED) is 0.865. The van der Waals surface area contributed by atoms with Gasteiger partial charge in [0, 0.05) is 6.54 Å². The summed E-state index contributed by atoms with van der Waals surface area (Å²) in [5.74, 6) is 0.703. The molecule has 1 aromatic heterocycles. The number of aromatic nitrogens is 2. The largest absolute Gasteiger partial charge is 0.444 e. The van der Waals surface area contributed by atoms with Crippen LogP contribution in [0, 0.1) is 5.92 Å². The van der Waals surface area contributed by atoms with Crippen LogP contribution < -0.4 is 5.32 Å². The van der Waals surface area contributed by atoms with E-state index in [1.807, 2.05) is 34.0 Å². The second-order valence-corrected chi connectivity index (χ2v) is 6.92. The van der Waals surface area contributed by atoms with Crippen molar-refractivity contribution in [1.29, 1.82) is 0 Å². The summed E-state index contributed by atoms with van der Waals surface area (Å²) in [7, 11) is 0. The van der Waals surface area contributed by atoms with Gasteiger partial charge < -0.3 is 14.6 Å². The molecule has 0 spiro atoms. The Morgan fingerprint density at radius 1 is 1.38 bits per heavy atom. The zero-order valence-electron chi connectivity index (χ0n) is 14.1. The fourth-order valence-electron chi connectivity index (χ4n) is 2.11. The lowest BCUT2D eigenvalue weighted by Gasteiger charge is -2.22. The van der Waals surface area contributed by atoms with E-state index in [9.17, 15) is 4.79 Å². The molecule has 5 nitrogen and oxygen atoms in total. The minimum atomic E-state index is -0.485. The molecule has 1 atom stereocenters. The van der Waals surface area contributed by atoms with Gasteiger partial charge in [0.25, 0.3) is 0 Å². The number of carbonyl (C=O) groups is 1. The summed E-state index contributed by atoms with van der Waals surface area (Å²) < 4.78 is 7.38. The van der Waals surface area contributed by atoms with Gasteiger partial charge in [0.05, 0.1) is 24.3 Å². The molecule has 0 bridgehead atoms. The molecule has 0 saturated carbocycles. The van der Waals surface area contributed by atoms with E-state index in [-0.39, 0.29) is 6.04 Å². The molecule has 120 valence electrons. The Kier molecular flexibility index (Phi) is 6.24. The van der Waals surface area contributed by atoms with Crippen LogP contribution in [0.5, 0.6) is 0 Å². The Morgan fingerprint density at radius 2 is 2.05 bits per heavy atom. The molecule has 0 saturated heterocycles. The number of ether oxygens (including phenoxy) is 1. The third-order valence-corrected chi connectivity index (χ3v) is 3.10. The van der Waals surface area contributed by atoms with Gasteiger partial charge in [-0.2, -0.15) is 0 Å². The highest BCUT2D eigenvalue weighted by Crippen LogP contribution is 2.15. The second-order valence-electron chi connectivity index (χ2n) is 6.92. The second kappa shape index (κ2) is 7.48. The van der Waals surface area contributed by atoms with Crippen molar-refractivity contribution >= 4 is 6.09 Å². The zero-order valence-corrected chi connectivity index (χ0v) is 14.1. The van der Waals surface area contributed by atoms with Gasteiger partial charge in [-0.05, 0) is 46.5 Å². The fourth-order valence-corrected chi connectivity index (χ4v) is 2.11. The number of nitrogens with zero attached hydrogens (tertiary/aromatic N) is 2. The molecule has 0 aliphatic rings. The molecule has 0 radical (unpaired) electrons. The highest BCUT2D eigenvalue weighted by Gasteiger charge is 2.19. The molecule has 1 unspecified atom stereocenters. The zero-order chi connectivity index (χ0) is 16.0. The van der Waals surface area contributed by atoms with Crippen LogP contribution in [0.15, 0.2) is 12.5 Å². The minimum Gasteiger partial charge on any atom is -0.444 e. The summed E-state index contributed by atoms with van der Waals surface area (Å²) >= 11 is 0. The van der Waals surface area contributed by atoms with E-state index in [0.717, 1.165) is 18.7 Å². The summed E-state index contributed by atoms with van der Waals surface area (Å²) in [4.78, 5) is 16.0. The molecule has 0 aliphatic heterocycles. The van der Waals surface area contributed by atoms with E-state index < -0.39 is 11.7 Å². The van der Waals surface area contributed by atoms with Crippen molar-refractivity contribution in [2.24, 2.45) is 5.92 Å². The van der Waals surface area contributed by atoms with Gasteiger partial charge in [0.15, 0.2) is 0 Å². The number of aryl methyl sites for hydroxylation is 1. The molecular weight excluding hydrogens is 266 g/mol. The lowest BCUT2D eigenvalue weighted by atomic mass is 10.1. The van der Waals surface area contributed by atoms with E-state index in [4.69, 9.17) is 4.74 Å². The molecule has 1 rings (SSSR count). The van der Waals surface area contributed by atoms with Crippen molar-refractivity contribution in [3.8, 4) is 0 Å². The molecule has 1 aromatic rings. The van der Waals surface area contributed by atoms with Crippen LogP contribution in [0.2, 0.25) is 0 Å². The topological polar surface area (TPSA) is 56.2 Å². The predicted octanol–water partition coefficient (Wildman–Crippen LogP) is 3.91. The number of hydrogen-bond donors (Lipinski definition) is 1. The number of imidazole rings is 1. The average Bonchev–Trinajstić information content (AvgIpc) is 2.73. The number of carbonyl (C=O) groups excluding carboxylic acids is 1. The van der Waals surface area contributed by atoms with Crippen LogP contribution in [0.25, 0.3) is 0 Å². The lowest BCUT2D eigenvalue weighted by molar-refractivity contribution is 0.0506. The molecule has 1 N–H and O–H groups in total. The number of alkyl carbamates (subject to hydrolysis) is 1. The standard InChI is InChI=1S/C16H29N3O2/c1-12(2)8-7-9-19-11-17-10-14(19)13(3)18-15(20)21-16(4,5)6/h10-13H,7-9H2,1-6H3,(H,18,20). The molecule has 0 aliphatic carbocycles. The average molecular weight is 295 g/mol. The Balaban J connectivity index is 2.56. The van der Waals surface area contributed by atoms with Crippen molar-refractivity contribution in [3.05, 3.63) is 18.2 Å². The van der Waals surface area contributed by atoms with Gasteiger partial charge in [-0.15, -0.1) is 0 Å². The maximum atomic E-state index is 11.8. The number of hydrogen-bond acceptors (Lipinski definition) is 3. The summed E-state index contributed by atoms with van der Waals surface area (Å²) in [6, 6.07) is -0.124. The van der Waals surface area contributed by atoms with Crippen LogP contribution in [0.4, 0.5) is 4.79 Å². The fraction of sp³-hybridized carbons (Fsp3) is 0.750. The van der Waals surface area contributed by atoms with Crippen molar-refractivity contribution < 1.29 is 9.53 Å². The first kappa shape index (κ1) is 17.5. The van der Waals surface area contributed by atoms with E-state index in [1.165, 1.54) is 6.42 Å². The van der Waals surface area contributed by atoms with Crippen molar-refractivity contribution in [3.63, 3.8) is 0 Å². The lowest BCUT2D eigenvalue weighted by Crippen LogP contribution is -2.34. The van der Waals surface area contributed by atoms with Crippen molar-refractivity contribution in [2.45, 2.75) is 72.6 Å².